The van der Waals surface area contributed by atoms with Crippen molar-refractivity contribution < 1.29 is 32.3 Å². The molecule has 8 heteroatoms. The number of alkyl halides is 3. The highest BCUT2D eigenvalue weighted by Crippen LogP contribution is 2.33. The minimum Gasteiger partial charge on any atom is -0.478 e. The number of aryl methyl sites for hydroxylation is 1. The van der Waals surface area contributed by atoms with Gasteiger partial charge in [0.15, 0.2) is 0 Å². The second kappa shape index (κ2) is 6.86. The molecule has 0 radical (unpaired) electrons. The van der Waals surface area contributed by atoms with E-state index in [0.29, 0.717) is 0 Å². The van der Waals surface area contributed by atoms with Crippen molar-refractivity contribution >= 4 is 11.9 Å². The summed E-state index contributed by atoms with van der Waals surface area (Å²) < 4.78 is 43.9. The van der Waals surface area contributed by atoms with E-state index in [1.54, 1.807) is 0 Å². The minimum atomic E-state index is -4.50. The Bertz CT molecular complexity index is 837. The summed E-state index contributed by atoms with van der Waals surface area (Å²) in [6.07, 6.45) is -4.50. The van der Waals surface area contributed by atoms with Crippen molar-refractivity contribution in [2.45, 2.75) is 38.9 Å². The van der Waals surface area contributed by atoms with Crippen LogP contribution >= 0.6 is 0 Å². The van der Waals surface area contributed by atoms with Gasteiger partial charge in [-0.15, -0.1) is 0 Å². The van der Waals surface area contributed by atoms with E-state index in [4.69, 9.17) is 9.52 Å². The molecular formula is C18H18F3NO4. The zero-order valence-corrected chi connectivity index (χ0v) is 14.4. The first-order chi connectivity index (χ1) is 11.9. The molecular weight excluding hydrogens is 351 g/mol. The fourth-order valence-electron chi connectivity index (χ4n) is 2.45. The Hall–Kier alpha value is -2.77. The number of carbonyl (C=O) groups is 2. The summed E-state index contributed by atoms with van der Waals surface area (Å²) in [7, 11) is 0. The fraction of sp³-hybridized carbons (Fsp3) is 0.333. The van der Waals surface area contributed by atoms with Crippen LogP contribution in [0, 0.1) is 6.92 Å². The van der Waals surface area contributed by atoms with Crippen LogP contribution in [0.3, 0.4) is 0 Å². The molecule has 5 nitrogen and oxygen atoms in total. The molecule has 0 atom stereocenters. The Morgan fingerprint density at radius 2 is 1.77 bits per heavy atom. The number of carboxylic acids is 1. The highest BCUT2D eigenvalue weighted by Gasteiger charge is 2.34. The normalized spacial score (nSPS) is 12.1. The van der Waals surface area contributed by atoms with E-state index in [1.807, 2.05) is 0 Å². The molecule has 2 rings (SSSR count). The summed E-state index contributed by atoms with van der Waals surface area (Å²) in [4.78, 5) is 23.5. The lowest BCUT2D eigenvalue weighted by atomic mass is 9.83. The van der Waals surface area contributed by atoms with Gasteiger partial charge in [-0.2, -0.15) is 13.2 Å². The maximum atomic E-state index is 12.9. The Kier molecular flexibility index (Phi) is 5.16. The Morgan fingerprint density at radius 3 is 2.31 bits per heavy atom. The molecule has 0 saturated heterocycles. The van der Waals surface area contributed by atoms with Crippen molar-refractivity contribution in [3.8, 4) is 0 Å². The lowest BCUT2D eigenvalue weighted by molar-refractivity contribution is -0.138. The van der Waals surface area contributed by atoms with Crippen LogP contribution in [-0.2, 0) is 22.9 Å². The number of aromatic carboxylic acids is 1. The summed E-state index contributed by atoms with van der Waals surface area (Å²) in [5.74, 6) is -1.21. The van der Waals surface area contributed by atoms with E-state index < -0.39 is 29.0 Å². The third kappa shape index (κ3) is 4.07. The van der Waals surface area contributed by atoms with Gasteiger partial charge in [-0.25, -0.2) is 4.79 Å². The average Bonchev–Trinajstić information content (AvgIpc) is 2.93. The number of carboxylic acid groups (broad SMARTS) is 1. The molecule has 0 fully saturated rings. The van der Waals surface area contributed by atoms with Gasteiger partial charge < -0.3 is 14.8 Å². The number of rotatable bonds is 5. The number of halogens is 3. The SMILES string of the molecule is Cc1oc(CNC(=O)C(C)(C)c2cccc(C(F)(F)F)c2)cc1C(=O)O. The first-order valence-electron chi connectivity index (χ1n) is 7.71. The predicted molar refractivity (Wildman–Crippen MR) is 86.7 cm³/mol. The molecule has 140 valence electrons. The molecule has 0 aliphatic carbocycles. The Labute approximate surface area is 147 Å². The number of furan rings is 1. The molecule has 1 aromatic heterocycles. The standard InChI is InChI=1S/C18H18F3NO4/c1-10-14(15(23)24)8-13(26-10)9-22-16(25)17(2,3)11-5-4-6-12(7-11)18(19,20)21/h4-8H,9H2,1-3H3,(H,22,25)(H,23,24). The first-order valence-corrected chi connectivity index (χ1v) is 7.71. The maximum Gasteiger partial charge on any atom is 0.416 e. The van der Waals surface area contributed by atoms with E-state index in [-0.39, 0.29) is 29.2 Å². The number of carbonyl (C=O) groups excluding carboxylic acids is 1. The van der Waals surface area contributed by atoms with Crippen molar-refractivity contribution in [1.82, 2.24) is 5.32 Å². The Morgan fingerprint density at radius 1 is 1.15 bits per heavy atom. The van der Waals surface area contributed by atoms with Crippen molar-refractivity contribution in [3.63, 3.8) is 0 Å². The molecule has 1 amide bonds. The molecule has 0 saturated carbocycles. The number of benzene rings is 1. The highest BCUT2D eigenvalue weighted by atomic mass is 19.4. The topological polar surface area (TPSA) is 79.5 Å². The van der Waals surface area contributed by atoms with Gasteiger partial charge in [0.2, 0.25) is 5.91 Å². The lowest BCUT2D eigenvalue weighted by Gasteiger charge is -2.25. The van der Waals surface area contributed by atoms with Gasteiger partial charge in [-0.1, -0.05) is 18.2 Å². The van der Waals surface area contributed by atoms with Crippen molar-refractivity contribution in [1.29, 1.82) is 0 Å². The lowest BCUT2D eigenvalue weighted by Crippen LogP contribution is -2.39. The van der Waals surface area contributed by atoms with E-state index in [0.717, 1.165) is 12.1 Å². The third-order valence-corrected chi connectivity index (χ3v) is 4.10. The van der Waals surface area contributed by atoms with Gasteiger partial charge in [0.05, 0.1) is 17.5 Å². The van der Waals surface area contributed by atoms with E-state index in [2.05, 4.69) is 5.32 Å². The van der Waals surface area contributed by atoms with Crippen LogP contribution in [0.25, 0.3) is 0 Å². The quantitative estimate of drug-likeness (QED) is 0.838. The first kappa shape index (κ1) is 19.6. The van der Waals surface area contributed by atoms with E-state index in [9.17, 15) is 22.8 Å². The van der Waals surface area contributed by atoms with Gasteiger partial charge in [-0.3, -0.25) is 4.79 Å². The van der Waals surface area contributed by atoms with Gasteiger partial charge >= 0.3 is 12.1 Å². The average molecular weight is 369 g/mol. The zero-order valence-electron chi connectivity index (χ0n) is 14.4. The largest absolute Gasteiger partial charge is 0.478 e. The monoisotopic (exact) mass is 369 g/mol. The van der Waals surface area contributed by atoms with Crippen LogP contribution in [0.1, 0.15) is 46.9 Å². The number of amides is 1. The van der Waals surface area contributed by atoms with Gasteiger partial charge in [-0.05, 0) is 38.5 Å². The molecule has 0 bridgehead atoms. The summed E-state index contributed by atoms with van der Waals surface area (Å²) in [6.45, 7) is 4.43. The summed E-state index contributed by atoms with van der Waals surface area (Å²) in [5.41, 5.74) is -1.85. The van der Waals surface area contributed by atoms with Crippen molar-refractivity contribution in [2.75, 3.05) is 0 Å². The van der Waals surface area contributed by atoms with Crippen LogP contribution in [0.15, 0.2) is 34.7 Å². The second-order valence-corrected chi connectivity index (χ2v) is 6.37. The van der Waals surface area contributed by atoms with Crippen LogP contribution in [-0.4, -0.2) is 17.0 Å². The van der Waals surface area contributed by atoms with Gasteiger partial charge in [0.1, 0.15) is 17.1 Å². The number of nitrogens with one attached hydrogen (secondary N) is 1. The van der Waals surface area contributed by atoms with Crippen molar-refractivity contribution in [2.24, 2.45) is 0 Å². The maximum absolute atomic E-state index is 12.9. The Balaban J connectivity index is 2.15. The second-order valence-electron chi connectivity index (χ2n) is 6.37. The van der Waals surface area contributed by atoms with Crippen LogP contribution < -0.4 is 5.32 Å². The molecule has 26 heavy (non-hydrogen) atoms. The van der Waals surface area contributed by atoms with Crippen LogP contribution in [0.5, 0.6) is 0 Å². The summed E-state index contributed by atoms with van der Waals surface area (Å²) in [5, 5.41) is 11.6. The number of hydrogen-bond donors (Lipinski definition) is 2. The van der Waals surface area contributed by atoms with Gasteiger partial charge in [0.25, 0.3) is 0 Å². The summed E-state index contributed by atoms with van der Waals surface area (Å²) >= 11 is 0. The van der Waals surface area contributed by atoms with Crippen LogP contribution in [0.2, 0.25) is 0 Å². The molecule has 1 heterocycles. The smallest absolute Gasteiger partial charge is 0.416 e. The van der Waals surface area contributed by atoms with Crippen LogP contribution in [0.4, 0.5) is 13.2 Å². The minimum absolute atomic E-state index is 0.00797. The molecule has 2 aromatic rings. The van der Waals surface area contributed by atoms with E-state index >= 15 is 0 Å². The molecule has 0 aliphatic rings. The predicted octanol–water partition coefficient (Wildman–Crippen LogP) is 3.90. The molecule has 0 unspecified atom stereocenters. The van der Waals surface area contributed by atoms with E-state index in [1.165, 1.54) is 39.0 Å². The third-order valence-electron chi connectivity index (χ3n) is 4.10. The van der Waals surface area contributed by atoms with Crippen molar-refractivity contribution in [3.05, 3.63) is 58.5 Å². The number of hydrogen-bond acceptors (Lipinski definition) is 3. The summed E-state index contributed by atoms with van der Waals surface area (Å²) in [6, 6.07) is 5.89. The molecule has 0 spiro atoms. The van der Waals surface area contributed by atoms with Gasteiger partial charge in [0, 0.05) is 0 Å². The fourth-order valence-corrected chi connectivity index (χ4v) is 2.45. The molecule has 2 N–H and O–H groups in total. The zero-order chi connectivity index (χ0) is 19.7. The highest BCUT2D eigenvalue weighted by molar-refractivity contribution is 5.89. The molecule has 0 aliphatic heterocycles. The molecule has 1 aromatic carbocycles.